The molecule has 0 aliphatic carbocycles. The van der Waals surface area contributed by atoms with E-state index in [9.17, 15) is 13.2 Å². The predicted molar refractivity (Wildman–Crippen MR) is 68.5 cm³/mol. The number of aromatic nitrogens is 1. The van der Waals surface area contributed by atoms with Gasteiger partial charge in [0.25, 0.3) is 0 Å². The minimum atomic E-state index is -4.45. The summed E-state index contributed by atoms with van der Waals surface area (Å²) in [5.74, 6) is 0.479. The van der Waals surface area contributed by atoms with Gasteiger partial charge in [-0.05, 0) is 29.8 Å². The van der Waals surface area contributed by atoms with E-state index in [2.05, 4.69) is 10.3 Å². The summed E-state index contributed by atoms with van der Waals surface area (Å²) in [5, 5.41) is 2.82. The predicted octanol–water partition coefficient (Wildman–Crippen LogP) is 4.58. The normalized spacial score (nSPS) is 11.4. The van der Waals surface area contributed by atoms with Crippen molar-refractivity contribution in [3.8, 4) is 0 Å². The molecule has 2 nitrogen and oxygen atoms in total. The van der Waals surface area contributed by atoms with Crippen LogP contribution < -0.4 is 5.32 Å². The van der Waals surface area contributed by atoms with Crippen molar-refractivity contribution in [2.45, 2.75) is 12.1 Å². The van der Waals surface area contributed by atoms with Gasteiger partial charge in [0.15, 0.2) is 0 Å². The SMILES string of the molecule is FC(F)(F)c1cccc(Nc2cccc(CCl)c2)n1. The maximum Gasteiger partial charge on any atom is 0.433 e. The highest BCUT2D eigenvalue weighted by molar-refractivity contribution is 6.17. The molecule has 0 amide bonds. The smallest absolute Gasteiger partial charge is 0.340 e. The van der Waals surface area contributed by atoms with E-state index in [0.29, 0.717) is 11.6 Å². The number of benzene rings is 1. The topological polar surface area (TPSA) is 24.9 Å². The molecule has 0 bridgehead atoms. The van der Waals surface area contributed by atoms with Crippen LogP contribution in [0.5, 0.6) is 0 Å². The molecule has 2 rings (SSSR count). The van der Waals surface area contributed by atoms with Crippen molar-refractivity contribution in [3.63, 3.8) is 0 Å². The average Bonchev–Trinajstić information content (AvgIpc) is 2.38. The Labute approximate surface area is 113 Å². The summed E-state index contributed by atoms with van der Waals surface area (Å²) < 4.78 is 37.6. The molecule has 0 fully saturated rings. The van der Waals surface area contributed by atoms with Gasteiger partial charge in [-0.2, -0.15) is 13.2 Å². The highest BCUT2D eigenvalue weighted by atomic mass is 35.5. The third-order valence-electron chi connectivity index (χ3n) is 2.39. The number of hydrogen-bond acceptors (Lipinski definition) is 2. The fourth-order valence-corrected chi connectivity index (χ4v) is 1.71. The zero-order valence-electron chi connectivity index (χ0n) is 9.71. The first-order valence-corrected chi connectivity index (χ1v) is 5.98. The quantitative estimate of drug-likeness (QED) is 0.835. The third kappa shape index (κ3) is 3.61. The minimum absolute atomic E-state index is 0.140. The first-order valence-electron chi connectivity index (χ1n) is 5.45. The number of anilines is 2. The fraction of sp³-hybridized carbons (Fsp3) is 0.154. The van der Waals surface area contributed by atoms with Crippen molar-refractivity contribution in [2.75, 3.05) is 5.32 Å². The van der Waals surface area contributed by atoms with E-state index in [1.165, 1.54) is 12.1 Å². The lowest BCUT2D eigenvalue weighted by Gasteiger charge is -2.10. The first-order chi connectivity index (χ1) is 8.99. The zero-order valence-corrected chi connectivity index (χ0v) is 10.5. The summed E-state index contributed by atoms with van der Waals surface area (Å²) in [6, 6.07) is 10.8. The summed E-state index contributed by atoms with van der Waals surface area (Å²) in [7, 11) is 0. The van der Waals surface area contributed by atoms with Crippen molar-refractivity contribution < 1.29 is 13.2 Å². The zero-order chi connectivity index (χ0) is 13.9. The van der Waals surface area contributed by atoms with Gasteiger partial charge >= 0.3 is 6.18 Å². The van der Waals surface area contributed by atoms with Gasteiger partial charge in [-0.1, -0.05) is 18.2 Å². The molecule has 0 unspecified atom stereocenters. The monoisotopic (exact) mass is 286 g/mol. The highest BCUT2D eigenvalue weighted by Crippen LogP contribution is 2.28. The third-order valence-corrected chi connectivity index (χ3v) is 2.70. The van der Waals surface area contributed by atoms with Crippen LogP contribution in [0.1, 0.15) is 11.3 Å². The van der Waals surface area contributed by atoms with Gasteiger partial charge in [0.1, 0.15) is 11.5 Å². The fourth-order valence-electron chi connectivity index (χ4n) is 1.54. The van der Waals surface area contributed by atoms with E-state index in [1.54, 1.807) is 18.2 Å². The molecule has 0 aliphatic heterocycles. The Balaban J connectivity index is 2.23. The molecule has 1 aromatic heterocycles. The Hall–Kier alpha value is -1.75. The van der Waals surface area contributed by atoms with E-state index < -0.39 is 11.9 Å². The van der Waals surface area contributed by atoms with Crippen LogP contribution >= 0.6 is 11.6 Å². The lowest BCUT2D eigenvalue weighted by molar-refractivity contribution is -0.141. The van der Waals surface area contributed by atoms with Crippen LogP contribution in [0.15, 0.2) is 42.5 Å². The van der Waals surface area contributed by atoms with E-state index in [4.69, 9.17) is 11.6 Å². The molecule has 0 aliphatic rings. The number of nitrogens with one attached hydrogen (secondary N) is 1. The molecule has 2 aromatic rings. The molecule has 0 spiro atoms. The Morgan fingerprint density at radius 3 is 2.53 bits per heavy atom. The number of nitrogens with zero attached hydrogens (tertiary/aromatic N) is 1. The van der Waals surface area contributed by atoms with Crippen LogP contribution in [0.25, 0.3) is 0 Å². The van der Waals surface area contributed by atoms with Gasteiger partial charge in [0.05, 0.1) is 0 Å². The minimum Gasteiger partial charge on any atom is -0.340 e. The molecule has 19 heavy (non-hydrogen) atoms. The second-order valence-corrected chi connectivity index (χ2v) is 4.13. The molecule has 1 heterocycles. The Bertz CT molecular complexity index is 570. The first kappa shape index (κ1) is 13.7. The molecular formula is C13H10ClF3N2. The Kier molecular flexibility index (Phi) is 3.95. The van der Waals surface area contributed by atoms with E-state index >= 15 is 0 Å². The summed E-state index contributed by atoms with van der Waals surface area (Å²) in [6.07, 6.45) is -4.45. The van der Waals surface area contributed by atoms with E-state index in [1.807, 2.05) is 6.07 Å². The van der Waals surface area contributed by atoms with Crippen LogP contribution in [0.3, 0.4) is 0 Å². The Morgan fingerprint density at radius 2 is 1.84 bits per heavy atom. The van der Waals surface area contributed by atoms with Gasteiger partial charge in [-0.3, -0.25) is 0 Å². The van der Waals surface area contributed by atoms with Gasteiger partial charge in [-0.15, -0.1) is 11.6 Å². The van der Waals surface area contributed by atoms with E-state index in [0.717, 1.165) is 11.6 Å². The van der Waals surface area contributed by atoms with Crippen LogP contribution in [0.4, 0.5) is 24.7 Å². The summed E-state index contributed by atoms with van der Waals surface area (Å²) in [6.45, 7) is 0. The standard InChI is InChI=1S/C13H10ClF3N2/c14-8-9-3-1-4-10(7-9)18-12-6-2-5-11(19-12)13(15,16)17/h1-7H,8H2,(H,18,19). The summed E-state index contributed by atoms with van der Waals surface area (Å²) in [5.41, 5.74) is 0.592. The van der Waals surface area contributed by atoms with Crippen LogP contribution in [-0.2, 0) is 12.1 Å². The molecule has 0 radical (unpaired) electrons. The van der Waals surface area contributed by atoms with Gasteiger partial charge < -0.3 is 5.32 Å². The number of halogens is 4. The maximum atomic E-state index is 12.5. The number of hydrogen-bond donors (Lipinski definition) is 1. The van der Waals surface area contributed by atoms with Gasteiger partial charge in [0.2, 0.25) is 0 Å². The van der Waals surface area contributed by atoms with Gasteiger partial charge in [0, 0.05) is 11.6 Å². The van der Waals surface area contributed by atoms with Crippen molar-refractivity contribution in [3.05, 3.63) is 53.7 Å². The molecule has 0 atom stereocenters. The molecule has 1 N–H and O–H groups in total. The van der Waals surface area contributed by atoms with Crippen molar-refractivity contribution in [1.82, 2.24) is 4.98 Å². The second-order valence-electron chi connectivity index (χ2n) is 3.86. The van der Waals surface area contributed by atoms with Crippen molar-refractivity contribution in [1.29, 1.82) is 0 Å². The van der Waals surface area contributed by atoms with Crippen LogP contribution in [0.2, 0.25) is 0 Å². The Morgan fingerprint density at radius 1 is 1.11 bits per heavy atom. The molecule has 100 valence electrons. The number of pyridine rings is 1. The number of rotatable bonds is 3. The largest absolute Gasteiger partial charge is 0.433 e. The molecule has 6 heteroatoms. The lowest BCUT2D eigenvalue weighted by Crippen LogP contribution is -2.08. The highest BCUT2D eigenvalue weighted by Gasteiger charge is 2.32. The lowest BCUT2D eigenvalue weighted by atomic mass is 10.2. The molecule has 1 aromatic carbocycles. The molecular weight excluding hydrogens is 277 g/mol. The average molecular weight is 287 g/mol. The summed E-state index contributed by atoms with van der Waals surface area (Å²) in [4.78, 5) is 3.53. The summed E-state index contributed by atoms with van der Waals surface area (Å²) >= 11 is 5.69. The van der Waals surface area contributed by atoms with E-state index in [-0.39, 0.29) is 5.82 Å². The van der Waals surface area contributed by atoms with Crippen molar-refractivity contribution in [2.24, 2.45) is 0 Å². The van der Waals surface area contributed by atoms with Crippen LogP contribution in [-0.4, -0.2) is 4.98 Å². The second kappa shape index (κ2) is 5.48. The van der Waals surface area contributed by atoms with Gasteiger partial charge in [-0.25, -0.2) is 4.98 Å². The van der Waals surface area contributed by atoms with Crippen LogP contribution in [0, 0.1) is 0 Å². The molecule has 0 saturated carbocycles. The van der Waals surface area contributed by atoms with Crippen molar-refractivity contribution >= 4 is 23.1 Å². The maximum absolute atomic E-state index is 12.5. The molecule has 0 saturated heterocycles. The number of alkyl halides is 4.